The van der Waals surface area contributed by atoms with Gasteiger partial charge in [0.2, 0.25) is 0 Å². The molecule has 7 heteroatoms. The Labute approximate surface area is 130 Å². The second-order valence-electron chi connectivity index (χ2n) is 4.31. The molecule has 0 radical (unpaired) electrons. The van der Waals surface area contributed by atoms with Gasteiger partial charge in [-0.25, -0.2) is 12.8 Å². The summed E-state index contributed by atoms with van der Waals surface area (Å²) in [6.07, 6.45) is 0. The summed E-state index contributed by atoms with van der Waals surface area (Å²) < 4.78 is 41.1. The normalized spacial score (nSPS) is 11.0. The zero-order valence-electron chi connectivity index (χ0n) is 10.9. The molecule has 0 spiro atoms. The standard InChI is InChI=1S/C14H10BrFN2O2S/c1-9-5-6-13(11(15)7-9)18-21(19,20)14-4-2-3-12(16)10(14)8-17/h2-7,18H,1H3. The minimum atomic E-state index is -4.06. The summed E-state index contributed by atoms with van der Waals surface area (Å²) in [5.41, 5.74) is 0.760. The average Bonchev–Trinajstić information content (AvgIpc) is 2.41. The Hall–Kier alpha value is -1.91. The van der Waals surface area contributed by atoms with Crippen molar-refractivity contribution in [3.8, 4) is 6.07 Å². The van der Waals surface area contributed by atoms with Crippen molar-refractivity contribution in [3.05, 3.63) is 57.8 Å². The molecular weight excluding hydrogens is 359 g/mol. The average molecular weight is 369 g/mol. The predicted octanol–water partition coefficient (Wildman–Crippen LogP) is 3.57. The molecule has 0 saturated heterocycles. The van der Waals surface area contributed by atoms with Gasteiger partial charge in [-0.2, -0.15) is 5.26 Å². The predicted molar refractivity (Wildman–Crippen MR) is 80.8 cm³/mol. The van der Waals surface area contributed by atoms with Crippen molar-refractivity contribution in [2.75, 3.05) is 4.72 Å². The van der Waals surface area contributed by atoms with E-state index in [1.807, 2.05) is 6.92 Å². The summed E-state index contributed by atoms with van der Waals surface area (Å²) in [5, 5.41) is 8.93. The lowest BCUT2D eigenvalue weighted by atomic mass is 10.2. The Balaban J connectivity index is 2.49. The Morgan fingerprint density at radius 1 is 1.29 bits per heavy atom. The maximum atomic E-state index is 13.5. The monoisotopic (exact) mass is 368 g/mol. The number of nitrogens with one attached hydrogen (secondary N) is 1. The van der Waals surface area contributed by atoms with E-state index in [2.05, 4.69) is 20.7 Å². The first kappa shape index (κ1) is 15.5. The molecular formula is C14H10BrFN2O2S. The molecule has 0 bridgehead atoms. The molecule has 4 nitrogen and oxygen atoms in total. The SMILES string of the molecule is Cc1ccc(NS(=O)(=O)c2cccc(F)c2C#N)c(Br)c1. The maximum absolute atomic E-state index is 13.5. The third kappa shape index (κ3) is 3.23. The van der Waals surface area contributed by atoms with E-state index >= 15 is 0 Å². The highest BCUT2D eigenvalue weighted by Gasteiger charge is 2.22. The molecule has 1 N–H and O–H groups in total. The molecule has 0 amide bonds. The smallest absolute Gasteiger partial charge is 0.263 e. The van der Waals surface area contributed by atoms with Crippen molar-refractivity contribution in [2.24, 2.45) is 0 Å². The van der Waals surface area contributed by atoms with Crippen molar-refractivity contribution in [3.63, 3.8) is 0 Å². The van der Waals surface area contributed by atoms with Crippen LogP contribution < -0.4 is 4.72 Å². The van der Waals surface area contributed by atoms with E-state index in [-0.39, 0.29) is 0 Å². The molecule has 2 aromatic rings. The second kappa shape index (κ2) is 5.84. The van der Waals surface area contributed by atoms with Crippen LogP contribution in [0.25, 0.3) is 0 Å². The Bertz CT molecular complexity index is 845. The number of sulfonamides is 1. The van der Waals surface area contributed by atoms with Gasteiger partial charge in [0.25, 0.3) is 10.0 Å². The van der Waals surface area contributed by atoms with Crippen LogP contribution in [-0.4, -0.2) is 8.42 Å². The first-order valence-corrected chi connectivity index (χ1v) is 8.10. The first-order chi connectivity index (χ1) is 9.85. The lowest BCUT2D eigenvalue weighted by molar-refractivity contribution is 0.593. The number of anilines is 1. The van der Waals surface area contributed by atoms with Crippen LogP contribution in [0.15, 0.2) is 45.8 Å². The van der Waals surface area contributed by atoms with Gasteiger partial charge in [0.1, 0.15) is 22.3 Å². The summed E-state index contributed by atoms with van der Waals surface area (Å²) in [4.78, 5) is -0.391. The van der Waals surface area contributed by atoms with E-state index in [4.69, 9.17) is 5.26 Å². The van der Waals surface area contributed by atoms with Crippen LogP contribution in [0.3, 0.4) is 0 Å². The van der Waals surface area contributed by atoms with Crippen LogP contribution in [0.5, 0.6) is 0 Å². The number of nitriles is 1. The summed E-state index contributed by atoms with van der Waals surface area (Å²) in [5.74, 6) is -0.872. The Morgan fingerprint density at radius 3 is 2.62 bits per heavy atom. The van der Waals surface area contributed by atoms with E-state index in [0.29, 0.717) is 10.2 Å². The van der Waals surface area contributed by atoms with Gasteiger partial charge in [-0.3, -0.25) is 4.72 Å². The summed E-state index contributed by atoms with van der Waals surface area (Å²) >= 11 is 3.26. The molecule has 0 aliphatic carbocycles. The third-order valence-corrected chi connectivity index (χ3v) is 4.81. The molecule has 0 atom stereocenters. The lowest BCUT2D eigenvalue weighted by Gasteiger charge is -2.11. The Morgan fingerprint density at radius 2 is 2.00 bits per heavy atom. The van der Waals surface area contributed by atoms with Gasteiger partial charge in [-0.05, 0) is 52.7 Å². The van der Waals surface area contributed by atoms with Crippen LogP contribution in [0.4, 0.5) is 10.1 Å². The summed E-state index contributed by atoms with van der Waals surface area (Å²) in [6, 6.07) is 10.1. The van der Waals surface area contributed by atoms with Gasteiger partial charge in [-0.15, -0.1) is 0 Å². The fraction of sp³-hybridized carbons (Fsp3) is 0.0714. The number of aryl methyl sites for hydroxylation is 1. The highest BCUT2D eigenvalue weighted by Crippen LogP contribution is 2.27. The van der Waals surface area contributed by atoms with Crippen LogP contribution in [-0.2, 0) is 10.0 Å². The van der Waals surface area contributed by atoms with Gasteiger partial charge in [-0.1, -0.05) is 12.1 Å². The van der Waals surface area contributed by atoms with E-state index in [0.717, 1.165) is 11.6 Å². The van der Waals surface area contributed by atoms with Gasteiger partial charge in [0.05, 0.1) is 5.69 Å². The molecule has 21 heavy (non-hydrogen) atoms. The third-order valence-electron chi connectivity index (χ3n) is 2.75. The number of nitrogens with zero attached hydrogens (tertiary/aromatic N) is 1. The summed E-state index contributed by atoms with van der Waals surface area (Å²) in [6.45, 7) is 1.86. The first-order valence-electron chi connectivity index (χ1n) is 5.83. The van der Waals surface area contributed by atoms with Crippen LogP contribution >= 0.6 is 15.9 Å². The molecule has 0 fully saturated rings. The number of halogens is 2. The fourth-order valence-corrected chi connectivity index (χ4v) is 3.71. The Kier molecular flexibility index (Phi) is 4.30. The molecule has 0 heterocycles. The minimum Gasteiger partial charge on any atom is -0.278 e. The molecule has 0 saturated carbocycles. The van der Waals surface area contributed by atoms with Gasteiger partial charge in [0.15, 0.2) is 0 Å². The van der Waals surface area contributed by atoms with Gasteiger partial charge in [0, 0.05) is 4.47 Å². The minimum absolute atomic E-state index is 0.314. The van der Waals surface area contributed by atoms with Crippen molar-refractivity contribution < 1.29 is 12.8 Å². The topological polar surface area (TPSA) is 70.0 Å². The van der Waals surface area contributed by atoms with Gasteiger partial charge >= 0.3 is 0 Å². The quantitative estimate of drug-likeness (QED) is 0.899. The maximum Gasteiger partial charge on any atom is 0.263 e. The van der Waals surface area contributed by atoms with Crippen LogP contribution in [0, 0.1) is 24.1 Å². The fourth-order valence-electron chi connectivity index (χ4n) is 1.74. The van der Waals surface area contributed by atoms with Crippen LogP contribution in [0.1, 0.15) is 11.1 Å². The van der Waals surface area contributed by atoms with Gasteiger partial charge < -0.3 is 0 Å². The van der Waals surface area contributed by atoms with Crippen molar-refractivity contribution >= 4 is 31.6 Å². The lowest BCUT2D eigenvalue weighted by Crippen LogP contribution is -2.15. The number of benzene rings is 2. The number of hydrogen-bond acceptors (Lipinski definition) is 3. The zero-order chi connectivity index (χ0) is 15.6. The van der Waals surface area contributed by atoms with E-state index in [1.165, 1.54) is 12.1 Å². The molecule has 0 aliphatic rings. The summed E-state index contributed by atoms with van der Waals surface area (Å²) in [7, 11) is -4.06. The largest absolute Gasteiger partial charge is 0.278 e. The molecule has 0 aliphatic heterocycles. The van der Waals surface area contributed by atoms with E-state index in [1.54, 1.807) is 24.3 Å². The number of hydrogen-bond donors (Lipinski definition) is 1. The second-order valence-corrected chi connectivity index (χ2v) is 6.82. The molecule has 2 rings (SSSR count). The number of rotatable bonds is 3. The molecule has 0 unspecified atom stereocenters. The van der Waals surface area contributed by atoms with Crippen molar-refractivity contribution in [1.82, 2.24) is 0 Å². The molecule has 0 aromatic heterocycles. The molecule has 2 aromatic carbocycles. The molecule has 108 valence electrons. The van der Waals surface area contributed by atoms with Crippen molar-refractivity contribution in [2.45, 2.75) is 11.8 Å². The van der Waals surface area contributed by atoms with E-state index in [9.17, 15) is 12.8 Å². The van der Waals surface area contributed by atoms with E-state index < -0.39 is 26.3 Å². The zero-order valence-corrected chi connectivity index (χ0v) is 13.3. The van der Waals surface area contributed by atoms with Crippen LogP contribution in [0.2, 0.25) is 0 Å². The van der Waals surface area contributed by atoms with Crippen molar-refractivity contribution in [1.29, 1.82) is 5.26 Å². The highest BCUT2D eigenvalue weighted by molar-refractivity contribution is 9.10. The highest BCUT2D eigenvalue weighted by atomic mass is 79.9.